The van der Waals surface area contributed by atoms with Crippen molar-refractivity contribution < 1.29 is 18.7 Å². The Hall–Kier alpha value is -1.63. The van der Waals surface area contributed by atoms with Gasteiger partial charge in [0, 0.05) is 6.54 Å². The molecule has 22 heavy (non-hydrogen) atoms. The van der Waals surface area contributed by atoms with E-state index in [1.807, 2.05) is 0 Å². The summed E-state index contributed by atoms with van der Waals surface area (Å²) in [6.45, 7) is 7.97. The topological polar surface area (TPSA) is 79.5 Å². The molecule has 1 atom stereocenters. The van der Waals surface area contributed by atoms with Gasteiger partial charge in [-0.3, -0.25) is 4.79 Å². The van der Waals surface area contributed by atoms with Crippen LogP contribution < -0.4 is 16.0 Å². The van der Waals surface area contributed by atoms with E-state index in [-0.39, 0.29) is 12.4 Å². The maximum atomic E-state index is 13.9. The van der Waals surface area contributed by atoms with E-state index in [9.17, 15) is 14.0 Å². The van der Waals surface area contributed by atoms with Crippen molar-refractivity contribution in [3.05, 3.63) is 11.4 Å². The smallest absolute Gasteiger partial charge is 0.408 e. The molecule has 3 N–H and O–H groups in total. The molecule has 2 amide bonds. The summed E-state index contributed by atoms with van der Waals surface area (Å²) >= 11 is 0. The molecule has 0 radical (unpaired) electrons. The third-order valence-electron chi connectivity index (χ3n) is 3.10. The number of ether oxygens (including phenoxy) is 1. The number of piperidine rings is 1. The van der Waals surface area contributed by atoms with Crippen molar-refractivity contribution in [1.82, 2.24) is 16.0 Å². The fourth-order valence-electron chi connectivity index (χ4n) is 1.98. The van der Waals surface area contributed by atoms with E-state index in [2.05, 4.69) is 16.0 Å². The van der Waals surface area contributed by atoms with E-state index in [1.54, 1.807) is 20.8 Å². The Bertz CT molecular complexity index is 436. The van der Waals surface area contributed by atoms with Crippen molar-refractivity contribution in [2.75, 3.05) is 19.6 Å². The lowest BCUT2D eigenvalue weighted by Gasteiger charge is -2.21. The molecule has 6 nitrogen and oxygen atoms in total. The number of carbonyl (C=O) groups excluding carboxylic acids is 2. The Kier molecular flexibility index (Phi) is 6.80. The first-order chi connectivity index (χ1) is 10.2. The van der Waals surface area contributed by atoms with Crippen molar-refractivity contribution in [1.29, 1.82) is 0 Å². The fourth-order valence-corrected chi connectivity index (χ4v) is 1.98. The third kappa shape index (κ3) is 6.89. The van der Waals surface area contributed by atoms with E-state index in [0.717, 1.165) is 13.0 Å². The largest absolute Gasteiger partial charge is 0.444 e. The first-order valence-electron chi connectivity index (χ1n) is 7.53. The zero-order valence-electron chi connectivity index (χ0n) is 13.7. The SMILES string of the molecule is C[C@H](NC(=O)OC(C)(C)C)C(=O)NCC(F)=C1CCCNC1. The first-order valence-corrected chi connectivity index (χ1v) is 7.53. The van der Waals surface area contributed by atoms with Crippen LogP contribution >= 0.6 is 0 Å². The van der Waals surface area contributed by atoms with Gasteiger partial charge in [-0.1, -0.05) is 0 Å². The third-order valence-corrected chi connectivity index (χ3v) is 3.10. The van der Waals surface area contributed by atoms with Crippen LogP contribution in [0.5, 0.6) is 0 Å². The average Bonchev–Trinajstić information content (AvgIpc) is 2.43. The van der Waals surface area contributed by atoms with Gasteiger partial charge in [0.1, 0.15) is 17.5 Å². The van der Waals surface area contributed by atoms with E-state index >= 15 is 0 Å². The van der Waals surface area contributed by atoms with Gasteiger partial charge < -0.3 is 20.7 Å². The minimum absolute atomic E-state index is 0.157. The summed E-state index contributed by atoms with van der Waals surface area (Å²) < 4.78 is 19.0. The zero-order chi connectivity index (χ0) is 16.8. The molecule has 0 aromatic carbocycles. The standard InChI is InChI=1S/C15H26FN3O3/c1-10(19-14(21)22-15(2,3)4)13(20)18-9-12(16)11-6-5-7-17-8-11/h10,17H,5-9H2,1-4H3,(H,18,20)(H,19,21)/t10-/m0/s1. The van der Waals surface area contributed by atoms with Crippen LogP contribution in [-0.2, 0) is 9.53 Å². The highest BCUT2D eigenvalue weighted by Crippen LogP contribution is 2.14. The number of alkyl carbamates (subject to hydrolysis) is 1. The lowest BCUT2D eigenvalue weighted by molar-refractivity contribution is -0.122. The molecular weight excluding hydrogens is 289 g/mol. The van der Waals surface area contributed by atoms with Crippen LogP contribution in [0.4, 0.5) is 9.18 Å². The predicted molar refractivity (Wildman–Crippen MR) is 82.1 cm³/mol. The van der Waals surface area contributed by atoms with E-state index < -0.39 is 23.6 Å². The number of amides is 2. The molecule has 1 aliphatic heterocycles. The van der Waals surface area contributed by atoms with E-state index in [1.165, 1.54) is 6.92 Å². The molecule has 0 aromatic rings. The zero-order valence-corrected chi connectivity index (χ0v) is 13.7. The Morgan fingerprint density at radius 2 is 2.09 bits per heavy atom. The van der Waals surface area contributed by atoms with Gasteiger partial charge in [0.05, 0.1) is 6.54 Å². The fraction of sp³-hybridized carbons (Fsp3) is 0.733. The van der Waals surface area contributed by atoms with Crippen LogP contribution in [0.3, 0.4) is 0 Å². The summed E-state index contributed by atoms with van der Waals surface area (Å²) in [6, 6.07) is -0.794. The highest BCUT2D eigenvalue weighted by Gasteiger charge is 2.21. The number of hydrogen-bond donors (Lipinski definition) is 3. The number of hydrogen-bond acceptors (Lipinski definition) is 4. The Morgan fingerprint density at radius 3 is 2.64 bits per heavy atom. The Balaban J connectivity index is 2.39. The Morgan fingerprint density at radius 1 is 1.41 bits per heavy atom. The van der Waals surface area contributed by atoms with Crippen LogP contribution in [0, 0.1) is 0 Å². The van der Waals surface area contributed by atoms with Gasteiger partial charge >= 0.3 is 6.09 Å². The monoisotopic (exact) mass is 315 g/mol. The average molecular weight is 315 g/mol. The highest BCUT2D eigenvalue weighted by molar-refractivity contribution is 5.85. The molecule has 1 aliphatic rings. The molecule has 0 spiro atoms. The molecule has 0 bridgehead atoms. The van der Waals surface area contributed by atoms with Crippen LogP contribution in [-0.4, -0.2) is 43.3 Å². The Labute approximate surface area is 130 Å². The summed E-state index contributed by atoms with van der Waals surface area (Å²) in [4.78, 5) is 23.4. The van der Waals surface area contributed by atoms with Gasteiger partial charge in [-0.05, 0) is 52.7 Å². The van der Waals surface area contributed by atoms with Crippen molar-refractivity contribution in [3.8, 4) is 0 Å². The molecule has 7 heteroatoms. The lowest BCUT2D eigenvalue weighted by Crippen LogP contribution is -2.46. The predicted octanol–water partition coefficient (Wildman–Crippen LogP) is 1.62. The number of halogens is 1. The molecule has 0 aliphatic carbocycles. The number of nitrogens with one attached hydrogen (secondary N) is 3. The second-order valence-corrected chi connectivity index (χ2v) is 6.37. The highest BCUT2D eigenvalue weighted by atomic mass is 19.1. The van der Waals surface area contributed by atoms with Gasteiger partial charge in [0.2, 0.25) is 5.91 Å². The van der Waals surface area contributed by atoms with Crippen LogP contribution in [0.15, 0.2) is 11.4 Å². The molecule has 1 saturated heterocycles. The molecule has 0 saturated carbocycles. The van der Waals surface area contributed by atoms with Crippen LogP contribution in [0.1, 0.15) is 40.5 Å². The quantitative estimate of drug-likeness (QED) is 0.736. The van der Waals surface area contributed by atoms with Crippen LogP contribution in [0.2, 0.25) is 0 Å². The van der Waals surface area contributed by atoms with Gasteiger partial charge in [0.25, 0.3) is 0 Å². The van der Waals surface area contributed by atoms with Gasteiger partial charge in [-0.15, -0.1) is 0 Å². The second kappa shape index (κ2) is 8.12. The molecule has 126 valence electrons. The summed E-state index contributed by atoms with van der Waals surface area (Å²) in [5, 5.41) is 7.98. The minimum atomic E-state index is -0.794. The second-order valence-electron chi connectivity index (χ2n) is 6.37. The number of carbonyl (C=O) groups is 2. The maximum absolute atomic E-state index is 13.9. The molecular formula is C15H26FN3O3. The summed E-state index contributed by atoms with van der Waals surface area (Å²) in [5.41, 5.74) is 0.0597. The first kappa shape index (κ1) is 18.4. The number of rotatable bonds is 4. The molecule has 1 rings (SSSR count). The minimum Gasteiger partial charge on any atom is -0.444 e. The molecule has 1 fully saturated rings. The van der Waals surface area contributed by atoms with E-state index in [4.69, 9.17) is 4.74 Å². The molecule has 0 aromatic heterocycles. The van der Waals surface area contributed by atoms with Crippen LogP contribution in [0.25, 0.3) is 0 Å². The summed E-state index contributed by atoms with van der Waals surface area (Å²) in [7, 11) is 0. The van der Waals surface area contributed by atoms with Gasteiger partial charge in [0.15, 0.2) is 0 Å². The van der Waals surface area contributed by atoms with Crippen molar-refractivity contribution >= 4 is 12.0 Å². The van der Waals surface area contributed by atoms with Gasteiger partial charge in [-0.2, -0.15) is 0 Å². The van der Waals surface area contributed by atoms with E-state index in [0.29, 0.717) is 18.5 Å². The normalized spacial score (nSPS) is 19.1. The van der Waals surface area contributed by atoms with Crippen molar-refractivity contribution in [3.63, 3.8) is 0 Å². The summed E-state index contributed by atoms with van der Waals surface area (Å²) in [6.07, 6.45) is 0.929. The molecule has 0 unspecified atom stereocenters. The summed E-state index contributed by atoms with van der Waals surface area (Å²) in [5.74, 6) is -0.768. The van der Waals surface area contributed by atoms with Crippen molar-refractivity contribution in [2.45, 2.75) is 52.2 Å². The van der Waals surface area contributed by atoms with Gasteiger partial charge in [-0.25, -0.2) is 9.18 Å². The van der Waals surface area contributed by atoms with Crippen molar-refractivity contribution in [2.24, 2.45) is 0 Å². The maximum Gasteiger partial charge on any atom is 0.408 e. The lowest BCUT2D eigenvalue weighted by atomic mass is 10.1. The molecule has 1 heterocycles.